The number of rotatable bonds is 1. The fourth-order valence-electron chi connectivity index (χ4n) is 1.36. The van der Waals surface area contributed by atoms with Gasteiger partial charge in [-0.2, -0.15) is 13.2 Å². The summed E-state index contributed by atoms with van der Waals surface area (Å²) in [5, 5.41) is 0. The molecule has 0 radical (unpaired) electrons. The van der Waals surface area contributed by atoms with Crippen molar-refractivity contribution in [2.45, 2.75) is 12.6 Å². The Morgan fingerprint density at radius 3 is 2.44 bits per heavy atom. The average Bonchev–Trinajstić information content (AvgIpc) is 2.45. The molecule has 90 valence electrons. The van der Waals surface area contributed by atoms with Crippen LogP contribution in [0.1, 0.15) is 6.42 Å². The molecule has 0 aromatic carbocycles. The summed E-state index contributed by atoms with van der Waals surface area (Å²) in [5.41, 5.74) is -0.202. The third-order valence-corrected chi connectivity index (χ3v) is 2.01. The summed E-state index contributed by atoms with van der Waals surface area (Å²) in [4.78, 5) is 24.2. The largest absolute Gasteiger partial charge is 0.471 e. The molecule has 0 N–H and O–H groups in total. The number of alkyl halides is 3. The van der Waals surface area contributed by atoms with E-state index in [-0.39, 0.29) is 18.7 Å². The zero-order valence-corrected chi connectivity index (χ0v) is 8.84. The van der Waals surface area contributed by atoms with E-state index in [1.54, 1.807) is 14.1 Å². The van der Waals surface area contributed by atoms with Crippen LogP contribution in [0.5, 0.6) is 0 Å². The molecule has 0 spiro atoms. The minimum Gasteiger partial charge on any atom is -0.382 e. The van der Waals surface area contributed by atoms with Crippen molar-refractivity contribution in [1.82, 2.24) is 9.80 Å². The van der Waals surface area contributed by atoms with Crippen LogP contribution in [-0.2, 0) is 9.59 Å². The molecule has 0 unspecified atom stereocenters. The number of carbonyl (C=O) groups is 2. The normalized spacial score (nSPS) is 19.4. The molecule has 1 rings (SSSR count). The Morgan fingerprint density at radius 1 is 1.44 bits per heavy atom. The molecule has 1 fully saturated rings. The van der Waals surface area contributed by atoms with Crippen LogP contribution in [0.3, 0.4) is 0 Å². The Morgan fingerprint density at radius 2 is 2.00 bits per heavy atom. The van der Waals surface area contributed by atoms with Crippen LogP contribution in [0.4, 0.5) is 13.2 Å². The van der Waals surface area contributed by atoms with Gasteiger partial charge in [0.1, 0.15) is 5.70 Å². The first-order valence-electron chi connectivity index (χ1n) is 4.53. The lowest BCUT2D eigenvalue weighted by atomic mass is 10.3. The van der Waals surface area contributed by atoms with Gasteiger partial charge in [-0.3, -0.25) is 14.5 Å². The maximum Gasteiger partial charge on any atom is 0.471 e. The van der Waals surface area contributed by atoms with Gasteiger partial charge >= 0.3 is 12.1 Å². The molecule has 16 heavy (non-hydrogen) atoms. The summed E-state index contributed by atoms with van der Waals surface area (Å²) in [6.07, 6.45) is -3.80. The van der Waals surface area contributed by atoms with Gasteiger partial charge in [0.05, 0.1) is 0 Å². The number of hydrogen-bond acceptors (Lipinski definition) is 3. The number of nitrogens with zero attached hydrogens (tertiary/aromatic N) is 2. The van der Waals surface area contributed by atoms with Crippen LogP contribution in [-0.4, -0.2) is 48.3 Å². The topological polar surface area (TPSA) is 40.6 Å². The number of ketones is 1. The number of Topliss-reactive ketones (excluding diaryl/α,β-unsaturated/α-hetero) is 1. The van der Waals surface area contributed by atoms with E-state index in [4.69, 9.17) is 0 Å². The molecular weight excluding hydrogens is 225 g/mol. The van der Waals surface area contributed by atoms with E-state index in [1.165, 1.54) is 11.1 Å². The second-order valence-corrected chi connectivity index (χ2v) is 3.61. The lowest BCUT2D eigenvalue weighted by Crippen LogP contribution is -2.39. The van der Waals surface area contributed by atoms with E-state index < -0.39 is 17.9 Å². The molecule has 1 amide bonds. The summed E-state index contributed by atoms with van der Waals surface area (Å²) in [6, 6.07) is 0. The molecule has 1 heterocycles. The molecule has 0 saturated carbocycles. The highest BCUT2D eigenvalue weighted by Gasteiger charge is 2.46. The summed E-state index contributed by atoms with van der Waals surface area (Å²) in [5.74, 6) is -2.45. The highest BCUT2D eigenvalue weighted by atomic mass is 19.4. The van der Waals surface area contributed by atoms with Gasteiger partial charge in [-0.1, -0.05) is 0 Å². The van der Waals surface area contributed by atoms with E-state index in [0.29, 0.717) is 4.90 Å². The van der Waals surface area contributed by atoms with Crippen LogP contribution in [0.25, 0.3) is 0 Å². The molecule has 0 bridgehead atoms. The minimum absolute atomic E-state index is 0.0680. The predicted octanol–water partition coefficient (Wildman–Crippen LogP) is 0.753. The zero-order chi connectivity index (χ0) is 12.5. The maximum absolute atomic E-state index is 12.2. The zero-order valence-electron chi connectivity index (χ0n) is 8.84. The Bertz CT molecular complexity index is 347. The molecule has 1 aliphatic rings. The smallest absolute Gasteiger partial charge is 0.382 e. The number of carbonyl (C=O) groups excluding carboxylic acids is 2. The van der Waals surface area contributed by atoms with E-state index >= 15 is 0 Å². The molecular formula is C9H11F3N2O2. The van der Waals surface area contributed by atoms with Gasteiger partial charge in [0.2, 0.25) is 0 Å². The van der Waals surface area contributed by atoms with Crippen molar-refractivity contribution in [3.8, 4) is 0 Å². The minimum atomic E-state index is -4.95. The van der Waals surface area contributed by atoms with Crippen LogP contribution in [0, 0.1) is 0 Å². The van der Waals surface area contributed by atoms with Gasteiger partial charge in [-0.05, 0) is 0 Å². The van der Waals surface area contributed by atoms with E-state index in [1.807, 2.05) is 0 Å². The first-order chi connectivity index (χ1) is 7.23. The average molecular weight is 236 g/mol. The molecule has 0 aliphatic carbocycles. The van der Waals surface area contributed by atoms with Crippen LogP contribution >= 0.6 is 0 Å². The number of allylic oxidation sites excluding steroid dienone is 1. The van der Waals surface area contributed by atoms with Crippen LogP contribution in [0.2, 0.25) is 0 Å². The summed E-state index contributed by atoms with van der Waals surface area (Å²) in [6.45, 7) is -0.211. The molecule has 7 heteroatoms. The van der Waals surface area contributed by atoms with Crippen molar-refractivity contribution in [1.29, 1.82) is 0 Å². The molecule has 0 aromatic heterocycles. The third-order valence-electron chi connectivity index (χ3n) is 2.01. The number of likely N-dealkylation sites (tertiary alicyclic amines) is 1. The Labute approximate surface area is 90.3 Å². The Balaban J connectivity index is 2.98. The number of amides is 1. The molecule has 1 saturated heterocycles. The number of hydrogen-bond donors (Lipinski definition) is 0. The number of halogens is 3. The first-order valence-corrected chi connectivity index (χ1v) is 4.53. The lowest BCUT2D eigenvalue weighted by molar-refractivity contribution is -0.182. The van der Waals surface area contributed by atoms with E-state index in [2.05, 4.69) is 0 Å². The van der Waals surface area contributed by atoms with Gasteiger partial charge in [0.15, 0.2) is 5.78 Å². The fraction of sp³-hybridized carbons (Fsp3) is 0.556. The molecule has 4 nitrogen and oxygen atoms in total. The van der Waals surface area contributed by atoms with Crippen LogP contribution < -0.4 is 0 Å². The van der Waals surface area contributed by atoms with Gasteiger partial charge in [-0.25, -0.2) is 0 Å². The Kier molecular flexibility index (Phi) is 3.25. The third kappa shape index (κ3) is 2.53. The Hall–Kier alpha value is -1.53. The maximum atomic E-state index is 12.2. The second kappa shape index (κ2) is 4.15. The monoisotopic (exact) mass is 236 g/mol. The summed E-state index contributed by atoms with van der Waals surface area (Å²) in [7, 11) is 3.13. The van der Waals surface area contributed by atoms with Gasteiger partial charge < -0.3 is 4.90 Å². The summed E-state index contributed by atoms with van der Waals surface area (Å²) >= 11 is 0. The van der Waals surface area contributed by atoms with Crippen molar-refractivity contribution >= 4 is 11.7 Å². The highest BCUT2D eigenvalue weighted by Crippen LogP contribution is 2.26. The van der Waals surface area contributed by atoms with E-state index in [0.717, 1.165) is 0 Å². The SMILES string of the molecule is CN(C)/C=C1/C(=O)CCN1C(=O)C(F)(F)F. The van der Waals surface area contributed by atoms with Gasteiger partial charge in [0, 0.05) is 33.3 Å². The highest BCUT2D eigenvalue weighted by molar-refractivity contribution is 6.02. The van der Waals surface area contributed by atoms with Crippen molar-refractivity contribution in [2.24, 2.45) is 0 Å². The van der Waals surface area contributed by atoms with Crippen molar-refractivity contribution in [3.05, 3.63) is 11.9 Å². The van der Waals surface area contributed by atoms with E-state index in [9.17, 15) is 22.8 Å². The first kappa shape index (κ1) is 12.5. The van der Waals surface area contributed by atoms with Gasteiger partial charge in [-0.15, -0.1) is 0 Å². The summed E-state index contributed by atoms with van der Waals surface area (Å²) < 4.78 is 36.6. The van der Waals surface area contributed by atoms with Crippen molar-refractivity contribution < 1.29 is 22.8 Å². The lowest BCUT2D eigenvalue weighted by Gasteiger charge is -2.19. The van der Waals surface area contributed by atoms with Gasteiger partial charge in [0.25, 0.3) is 0 Å². The van der Waals surface area contributed by atoms with Crippen LogP contribution in [0.15, 0.2) is 11.9 Å². The quantitative estimate of drug-likeness (QED) is 0.631. The standard InChI is InChI=1S/C9H11F3N2O2/c1-13(2)5-6-7(15)3-4-14(6)8(16)9(10,11)12/h5H,3-4H2,1-2H3/b6-5-. The fourth-order valence-corrected chi connectivity index (χ4v) is 1.36. The van der Waals surface area contributed by atoms with Crippen molar-refractivity contribution in [3.63, 3.8) is 0 Å². The molecule has 0 atom stereocenters. The van der Waals surface area contributed by atoms with Crippen molar-refractivity contribution in [2.75, 3.05) is 20.6 Å². The molecule has 0 aromatic rings. The molecule has 1 aliphatic heterocycles. The second-order valence-electron chi connectivity index (χ2n) is 3.61. The predicted molar refractivity (Wildman–Crippen MR) is 49.2 cm³/mol.